The molecule has 0 aromatic heterocycles. The van der Waals surface area contributed by atoms with Gasteiger partial charge in [-0.1, -0.05) is 41.9 Å². The second-order valence-electron chi connectivity index (χ2n) is 7.39. The molecule has 1 saturated heterocycles. The van der Waals surface area contributed by atoms with E-state index in [2.05, 4.69) is 29.3 Å². The van der Waals surface area contributed by atoms with Crippen LogP contribution in [0.15, 0.2) is 48.5 Å². The Morgan fingerprint density at radius 1 is 1.07 bits per heavy atom. The zero-order valence-corrected chi connectivity index (χ0v) is 19.0. The van der Waals surface area contributed by atoms with E-state index < -0.39 is 6.04 Å². The van der Waals surface area contributed by atoms with Gasteiger partial charge >= 0.3 is 0 Å². The third-order valence-corrected chi connectivity index (χ3v) is 6.35. The molecule has 0 bridgehead atoms. The number of amides is 2. The number of nitrogens with one attached hydrogen (secondary N) is 1. The molecule has 160 valence electrons. The highest BCUT2D eigenvalue weighted by atomic mass is 35.5. The van der Waals surface area contributed by atoms with Gasteiger partial charge in [0, 0.05) is 31.9 Å². The molecule has 0 aliphatic carbocycles. The molecule has 0 spiro atoms. The van der Waals surface area contributed by atoms with Crippen molar-refractivity contribution in [3.63, 3.8) is 0 Å². The lowest BCUT2D eigenvalue weighted by Crippen LogP contribution is -2.55. The molecule has 1 atom stereocenters. The van der Waals surface area contributed by atoms with E-state index in [1.165, 1.54) is 11.3 Å². The number of carbonyl (C=O) groups excluding carboxylic acids is 2. The smallest absolute Gasteiger partial charge is 0.253 e. The second kappa shape index (κ2) is 10.7. The maximum Gasteiger partial charge on any atom is 0.253 e. The van der Waals surface area contributed by atoms with Gasteiger partial charge in [-0.2, -0.15) is 11.8 Å². The molecule has 5 nitrogen and oxygen atoms in total. The molecule has 1 aliphatic heterocycles. The highest BCUT2D eigenvalue weighted by molar-refractivity contribution is 7.98. The van der Waals surface area contributed by atoms with Crippen molar-refractivity contribution < 1.29 is 9.59 Å². The first-order valence-electron chi connectivity index (χ1n) is 10.1. The van der Waals surface area contributed by atoms with E-state index in [-0.39, 0.29) is 11.8 Å². The van der Waals surface area contributed by atoms with Gasteiger partial charge in [-0.15, -0.1) is 0 Å². The van der Waals surface area contributed by atoms with Gasteiger partial charge in [0.25, 0.3) is 5.91 Å². The zero-order valence-electron chi connectivity index (χ0n) is 17.4. The summed E-state index contributed by atoms with van der Waals surface area (Å²) >= 11 is 7.82. The van der Waals surface area contributed by atoms with Gasteiger partial charge in [-0.25, -0.2) is 0 Å². The first kappa shape index (κ1) is 22.5. The Balaban J connectivity index is 1.65. The minimum Gasteiger partial charge on any atom is -0.368 e. The number of aryl methyl sites for hydroxylation is 1. The number of carbonyl (C=O) groups is 2. The van der Waals surface area contributed by atoms with Gasteiger partial charge in [-0.3, -0.25) is 9.59 Å². The first-order chi connectivity index (χ1) is 14.5. The average molecular weight is 446 g/mol. The van der Waals surface area contributed by atoms with E-state index in [1.807, 2.05) is 23.3 Å². The predicted molar refractivity (Wildman–Crippen MR) is 126 cm³/mol. The number of anilines is 1. The van der Waals surface area contributed by atoms with Crippen molar-refractivity contribution >= 4 is 40.9 Å². The van der Waals surface area contributed by atoms with Gasteiger partial charge in [0.2, 0.25) is 5.91 Å². The molecule has 1 aliphatic rings. The van der Waals surface area contributed by atoms with Gasteiger partial charge in [0.15, 0.2) is 0 Å². The molecule has 3 rings (SSSR count). The maximum atomic E-state index is 13.2. The van der Waals surface area contributed by atoms with Crippen molar-refractivity contribution in [3.05, 3.63) is 64.7 Å². The summed E-state index contributed by atoms with van der Waals surface area (Å²) in [5.74, 6) is 0.468. The van der Waals surface area contributed by atoms with Gasteiger partial charge < -0.3 is 15.1 Å². The van der Waals surface area contributed by atoms with Crippen LogP contribution >= 0.6 is 23.4 Å². The fourth-order valence-corrected chi connectivity index (χ4v) is 4.37. The number of benzene rings is 2. The summed E-state index contributed by atoms with van der Waals surface area (Å²) in [4.78, 5) is 30.1. The molecule has 1 N–H and O–H groups in total. The Hall–Kier alpha value is -2.18. The largest absolute Gasteiger partial charge is 0.368 e. The Morgan fingerprint density at radius 3 is 2.40 bits per heavy atom. The number of hydrogen-bond donors (Lipinski definition) is 1. The van der Waals surface area contributed by atoms with E-state index in [4.69, 9.17) is 11.6 Å². The van der Waals surface area contributed by atoms with Crippen molar-refractivity contribution in [1.29, 1.82) is 0 Å². The zero-order chi connectivity index (χ0) is 21.5. The first-order valence-corrected chi connectivity index (χ1v) is 11.9. The minimum absolute atomic E-state index is 0.0195. The van der Waals surface area contributed by atoms with Crippen LogP contribution in [0.3, 0.4) is 0 Å². The lowest BCUT2D eigenvalue weighted by molar-refractivity contribution is -0.133. The van der Waals surface area contributed by atoms with E-state index in [9.17, 15) is 9.59 Å². The number of thioether (sulfide) groups is 1. The fraction of sp³-hybridized carbons (Fsp3) is 0.391. The third-order valence-electron chi connectivity index (χ3n) is 5.38. The summed E-state index contributed by atoms with van der Waals surface area (Å²) in [6.45, 7) is 4.96. The van der Waals surface area contributed by atoms with Crippen LogP contribution in [0.1, 0.15) is 22.3 Å². The quantitative estimate of drug-likeness (QED) is 0.703. The SMILES string of the molecule is CSCCC(NC(=O)c1ccccc1Cl)C(=O)N1CCN(c2ccccc2C)CC1. The lowest BCUT2D eigenvalue weighted by atomic mass is 10.1. The van der Waals surface area contributed by atoms with Crippen LogP contribution in [-0.2, 0) is 4.79 Å². The molecule has 2 amide bonds. The van der Waals surface area contributed by atoms with E-state index in [0.29, 0.717) is 30.1 Å². The van der Waals surface area contributed by atoms with Crippen LogP contribution in [0.4, 0.5) is 5.69 Å². The summed E-state index contributed by atoms with van der Waals surface area (Å²) < 4.78 is 0. The Morgan fingerprint density at radius 2 is 1.73 bits per heavy atom. The molecule has 1 heterocycles. The summed E-state index contributed by atoms with van der Waals surface area (Å²) in [5.41, 5.74) is 2.85. The van der Waals surface area contributed by atoms with Crippen LogP contribution < -0.4 is 10.2 Å². The number of nitrogens with zero attached hydrogens (tertiary/aromatic N) is 2. The second-order valence-corrected chi connectivity index (χ2v) is 8.78. The summed E-state index contributed by atoms with van der Waals surface area (Å²) in [6.07, 6.45) is 2.59. The van der Waals surface area contributed by atoms with E-state index in [0.717, 1.165) is 18.8 Å². The number of rotatable bonds is 7. The third kappa shape index (κ3) is 5.49. The monoisotopic (exact) mass is 445 g/mol. The van der Waals surface area contributed by atoms with E-state index in [1.54, 1.807) is 36.0 Å². The van der Waals surface area contributed by atoms with Gasteiger partial charge in [-0.05, 0) is 49.1 Å². The molecule has 1 fully saturated rings. The lowest BCUT2D eigenvalue weighted by Gasteiger charge is -2.38. The average Bonchev–Trinajstić information content (AvgIpc) is 2.77. The van der Waals surface area contributed by atoms with Crippen molar-refractivity contribution in [2.45, 2.75) is 19.4 Å². The van der Waals surface area contributed by atoms with Crippen LogP contribution in [0.5, 0.6) is 0 Å². The van der Waals surface area contributed by atoms with Crippen molar-refractivity contribution in [2.75, 3.05) is 43.1 Å². The Kier molecular flexibility index (Phi) is 8.05. The van der Waals surface area contributed by atoms with Crippen LogP contribution in [0.25, 0.3) is 0 Å². The molecule has 7 heteroatoms. The highest BCUT2D eigenvalue weighted by Gasteiger charge is 2.29. The van der Waals surface area contributed by atoms with Crippen molar-refractivity contribution in [2.24, 2.45) is 0 Å². The summed E-state index contributed by atoms with van der Waals surface area (Å²) in [5, 5.41) is 3.30. The van der Waals surface area contributed by atoms with Crippen LogP contribution in [0, 0.1) is 6.92 Å². The molecule has 1 unspecified atom stereocenters. The highest BCUT2D eigenvalue weighted by Crippen LogP contribution is 2.21. The van der Waals surface area contributed by atoms with Crippen LogP contribution in [-0.4, -0.2) is 60.9 Å². The minimum atomic E-state index is -0.550. The van der Waals surface area contributed by atoms with Gasteiger partial charge in [0.05, 0.1) is 10.6 Å². The molecular formula is C23H28ClN3O2S. The molecule has 30 heavy (non-hydrogen) atoms. The molecule has 0 saturated carbocycles. The fourth-order valence-electron chi connectivity index (χ4n) is 3.68. The molecule has 2 aromatic rings. The summed E-state index contributed by atoms with van der Waals surface area (Å²) in [7, 11) is 0. The Labute approximate surface area is 187 Å². The Bertz CT molecular complexity index is 884. The number of hydrogen-bond acceptors (Lipinski definition) is 4. The molecular weight excluding hydrogens is 418 g/mol. The van der Waals surface area contributed by atoms with Crippen molar-refractivity contribution in [1.82, 2.24) is 10.2 Å². The number of para-hydroxylation sites is 1. The molecule has 2 aromatic carbocycles. The molecule has 0 radical (unpaired) electrons. The van der Waals surface area contributed by atoms with Crippen LogP contribution in [0.2, 0.25) is 5.02 Å². The van der Waals surface area contributed by atoms with Crippen molar-refractivity contribution in [3.8, 4) is 0 Å². The van der Waals surface area contributed by atoms with Gasteiger partial charge in [0.1, 0.15) is 6.04 Å². The normalized spacial score (nSPS) is 15.0. The maximum absolute atomic E-state index is 13.2. The predicted octanol–water partition coefficient (Wildman–Crippen LogP) is 3.85. The summed E-state index contributed by atoms with van der Waals surface area (Å²) in [6, 6.07) is 14.7. The number of halogens is 1. The number of piperazine rings is 1. The van der Waals surface area contributed by atoms with E-state index >= 15 is 0 Å². The topological polar surface area (TPSA) is 52.7 Å². The standard InChI is InChI=1S/C23H28ClN3O2S/c1-17-7-3-6-10-21(17)26-12-14-27(15-13-26)23(29)20(11-16-30-2)25-22(28)18-8-4-5-9-19(18)24/h3-10,20H,11-16H2,1-2H3,(H,25,28).